The standard InChI is InChI=1S/C16H21BrN2O/c1-3-15-14-8-18-7-11(14)9-19(15)16(20)13-6-12(17)5-4-10(13)2/h4-6,11,14-15,18H,3,7-9H2,1-2H3. The van der Waals surface area contributed by atoms with Gasteiger partial charge >= 0.3 is 0 Å². The summed E-state index contributed by atoms with van der Waals surface area (Å²) in [6, 6.07) is 6.35. The summed E-state index contributed by atoms with van der Waals surface area (Å²) >= 11 is 3.47. The molecule has 3 unspecified atom stereocenters. The lowest BCUT2D eigenvalue weighted by Gasteiger charge is -2.27. The van der Waals surface area contributed by atoms with Gasteiger partial charge in [0.2, 0.25) is 0 Å². The number of hydrogen-bond donors (Lipinski definition) is 1. The molecule has 20 heavy (non-hydrogen) atoms. The van der Waals surface area contributed by atoms with Crippen LogP contribution in [0, 0.1) is 18.8 Å². The maximum absolute atomic E-state index is 12.9. The lowest BCUT2D eigenvalue weighted by Crippen LogP contribution is -2.39. The van der Waals surface area contributed by atoms with E-state index in [2.05, 4.69) is 33.1 Å². The van der Waals surface area contributed by atoms with Gasteiger partial charge in [0.15, 0.2) is 0 Å². The number of carbonyl (C=O) groups is 1. The average Bonchev–Trinajstić information content (AvgIpc) is 3.00. The van der Waals surface area contributed by atoms with E-state index in [4.69, 9.17) is 0 Å². The van der Waals surface area contributed by atoms with Crippen LogP contribution in [-0.2, 0) is 0 Å². The highest BCUT2D eigenvalue weighted by Gasteiger charge is 2.45. The molecule has 2 aliphatic heterocycles. The zero-order valence-corrected chi connectivity index (χ0v) is 13.6. The van der Waals surface area contributed by atoms with E-state index in [0.717, 1.165) is 41.7 Å². The molecule has 0 bridgehead atoms. The van der Waals surface area contributed by atoms with Crippen molar-refractivity contribution < 1.29 is 4.79 Å². The lowest BCUT2D eigenvalue weighted by molar-refractivity contribution is 0.0711. The van der Waals surface area contributed by atoms with Crippen molar-refractivity contribution in [2.24, 2.45) is 11.8 Å². The van der Waals surface area contributed by atoms with E-state index in [1.807, 2.05) is 25.1 Å². The minimum absolute atomic E-state index is 0.199. The molecular weight excluding hydrogens is 316 g/mol. The predicted octanol–water partition coefficient (Wildman–Crippen LogP) is 2.83. The SMILES string of the molecule is CCC1C2CNCC2CN1C(=O)c1cc(Br)ccc1C. The maximum Gasteiger partial charge on any atom is 0.254 e. The van der Waals surface area contributed by atoms with Crippen LogP contribution in [0.3, 0.4) is 0 Å². The Morgan fingerprint density at radius 3 is 3.00 bits per heavy atom. The second kappa shape index (κ2) is 5.49. The van der Waals surface area contributed by atoms with Gasteiger partial charge in [0, 0.05) is 35.7 Å². The molecule has 0 aromatic heterocycles. The van der Waals surface area contributed by atoms with Gasteiger partial charge in [0.25, 0.3) is 5.91 Å². The number of halogens is 1. The van der Waals surface area contributed by atoms with E-state index in [9.17, 15) is 4.79 Å². The van der Waals surface area contributed by atoms with Crippen LogP contribution in [0.2, 0.25) is 0 Å². The van der Waals surface area contributed by atoms with Gasteiger partial charge in [-0.1, -0.05) is 28.9 Å². The molecule has 4 heteroatoms. The van der Waals surface area contributed by atoms with Gasteiger partial charge in [-0.25, -0.2) is 0 Å². The van der Waals surface area contributed by atoms with Crippen LogP contribution in [-0.4, -0.2) is 36.5 Å². The average molecular weight is 337 g/mol. The largest absolute Gasteiger partial charge is 0.335 e. The molecule has 3 atom stereocenters. The van der Waals surface area contributed by atoms with Gasteiger partial charge < -0.3 is 10.2 Å². The molecule has 0 radical (unpaired) electrons. The van der Waals surface area contributed by atoms with E-state index in [1.165, 1.54) is 0 Å². The van der Waals surface area contributed by atoms with Crippen molar-refractivity contribution in [3.05, 3.63) is 33.8 Å². The molecule has 0 aliphatic carbocycles. The molecule has 1 aromatic carbocycles. The third-order valence-corrected chi connectivity index (χ3v) is 5.32. The quantitative estimate of drug-likeness (QED) is 0.900. The Balaban J connectivity index is 1.88. The van der Waals surface area contributed by atoms with Gasteiger partial charge in [-0.05, 0) is 42.9 Å². The number of hydrogen-bond acceptors (Lipinski definition) is 2. The summed E-state index contributed by atoms with van der Waals surface area (Å²) in [5, 5.41) is 3.46. The number of fused-ring (bicyclic) bond motifs is 1. The fourth-order valence-electron chi connectivity index (χ4n) is 3.76. The van der Waals surface area contributed by atoms with Crippen molar-refractivity contribution in [3.63, 3.8) is 0 Å². The Kier molecular flexibility index (Phi) is 3.87. The minimum atomic E-state index is 0.199. The highest BCUT2D eigenvalue weighted by molar-refractivity contribution is 9.10. The molecule has 2 aliphatic rings. The molecule has 1 aromatic rings. The lowest BCUT2D eigenvalue weighted by atomic mass is 9.93. The van der Waals surface area contributed by atoms with Crippen LogP contribution in [0.1, 0.15) is 29.3 Å². The van der Waals surface area contributed by atoms with Crippen LogP contribution >= 0.6 is 15.9 Å². The van der Waals surface area contributed by atoms with Gasteiger partial charge in [0.05, 0.1) is 0 Å². The monoisotopic (exact) mass is 336 g/mol. The second-order valence-corrected chi connectivity index (χ2v) is 6.89. The first-order valence-corrected chi connectivity index (χ1v) is 8.19. The van der Waals surface area contributed by atoms with Crippen molar-refractivity contribution in [2.45, 2.75) is 26.3 Å². The normalized spacial score (nSPS) is 28.8. The Bertz CT molecular complexity index is 531. The molecular formula is C16H21BrN2O. The number of nitrogens with zero attached hydrogens (tertiary/aromatic N) is 1. The first-order valence-electron chi connectivity index (χ1n) is 7.39. The fourth-order valence-corrected chi connectivity index (χ4v) is 4.12. The number of rotatable bonds is 2. The Morgan fingerprint density at radius 1 is 1.45 bits per heavy atom. The van der Waals surface area contributed by atoms with Crippen LogP contribution in [0.15, 0.2) is 22.7 Å². The summed E-state index contributed by atoms with van der Waals surface area (Å²) < 4.78 is 0.973. The summed E-state index contributed by atoms with van der Waals surface area (Å²) in [4.78, 5) is 15.0. The molecule has 2 heterocycles. The van der Waals surface area contributed by atoms with E-state index in [1.54, 1.807) is 0 Å². The first kappa shape index (κ1) is 14.1. The van der Waals surface area contributed by atoms with Crippen LogP contribution in [0.25, 0.3) is 0 Å². The van der Waals surface area contributed by atoms with Crippen molar-refractivity contribution in [2.75, 3.05) is 19.6 Å². The van der Waals surface area contributed by atoms with E-state index >= 15 is 0 Å². The zero-order valence-electron chi connectivity index (χ0n) is 12.0. The summed E-state index contributed by atoms with van der Waals surface area (Å²) in [5.41, 5.74) is 1.90. The summed E-state index contributed by atoms with van der Waals surface area (Å²) in [5.74, 6) is 1.47. The van der Waals surface area contributed by atoms with Crippen molar-refractivity contribution in [1.29, 1.82) is 0 Å². The summed E-state index contributed by atoms with van der Waals surface area (Å²) in [6.07, 6.45) is 1.04. The number of nitrogens with one attached hydrogen (secondary N) is 1. The Morgan fingerprint density at radius 2 is 2.25 bits per heavy atom. The maximum atomic E-state index is 12.9. The third kappa shape index (κ3) is 2.29. The molecule has 0 spiro atoms. The number of aryl methyl sites for hydroxylation is 1. The first-order chi connectivity index (χ1) is 9.61. The van der Waals surface area contributed by atoms with Crippen LogP contribution in [0.4, 0.5) is 0 Å². The second-order valence-electron chi connectivity index (χ2n) is 5.97. The molecule has 3 nitrogen and oxygen atoms in total. The van der Waals surface area contributed by atoms with E-state index in [0.29, 0.717) is 17.9 Å². The summed E-state index contributed by atoms with van der Waals surface area (Å²) in [6.45, 7) is 7.23. The highest BCUT2D eigenvalue weighted by atomic mass is 79.9. The molecule has 1 N–H and O–H groups in total. The number of amides is 1. The predicted molar refractivity (Wildman–Crippen MR) is 83.8 cm³/mol. The van der Waals surface area contributed by atoms with Gasteiger partial charge in [-0.2, -0.15) is 0 Å². The topological polar surface area (TPSA) is 32.3 Å². The number of carbonyl (C=O) groups excluding carboxylic acids is 1. The molecule has 2 saturated heterocycles. The van der Waals surface area contributed by atoms with E-state index in [-0.39, 0.29) is 5.91 Å². The van der Waals surface area contributed by atoms with Gasteiger partial charge in [-0.15, -0.1) is 0 Å². The molecule has 2 fully saturated rings. The molecule has 108 valence electrons. The third-order valence-electron chi connectivity index (χ3n) is 4.83. The van der Waals surface area contributed by atoms with Crippen molar-refractivity contribution >= 4 is 21.8 Å². The van der Waals surface area contributed by atoms with Crippen LogP contribution < -0.4 is 5.32 Å². The van der Waals surface area contributed by atoms with Crippen LogP contribution in [0.5, 0.6) is 0 Å². The van der Waals surface area contributed by atoms with Crippen molar-refractivity contribution in [1.82, 2.24) is 10.2 Å². The highest BCUT2D eigenvalue weighted by Crippen LogP contribution is 2.35. The zero-order chi connectivity index (χ0) is 14.3. The molecule has 0 saturated carbocycles. The Labute approximate surface area is 128 Å². The summed E-state index contributed by atoms with van der Waals surface area (Å²) in [7, 11) is 0. The molecule has 3 rings (SSSR count). The Hall–Kier alpha value is -0.870. The number of benzene rings is 1. The number of likely N-dealkylation sites (tertiary alicyclic amines) is 1. The molecule has 1 amide bonds. The van der Waals surface area contributed by atoms with Crippen molar-refractivity contribution in [3.8, 4) is 0 Å². The van der Waals surface area contributed by atoms with E-state index < -0.39 is 0 Å². The fraction of sp³-hybridized carbons (Fsp3) is 0.562. The smallest absolute Gasteiger partial charge is 0.254 e. The van der Waals surface area contributed by atoms with Gasteiger partial charge in [0.1, 0.15) is 0 Å². The van der Waals surface area contributed by atoms with Gasteiger partial charge in [-0.3, -0.25) is 4.79 Å². The minimum Gasteiger partial charge on any atom is -0.335 e.